The minimum absolute atomic E-state index is 0.0159. The number of alkyl halides is 1. The van der Waals surface area contributed by atoms with Crippen LogP contribution in [0.2, 0.25) is 0 Å². The van der Waals surface area contributed by atoms with Crippen molar-refractivity contribution in [3.8, 4) is 0 Å². The van der Waals surface area contributed by atoms with Crippen molar-refractivity contribution < 1.29 is 8.42 Å². The molecule has 5 heteroatoms. The lowest BCUT2D eigenvalue weighted by Crippen LogP contribution is -2.43. The largest absolute Gasteiger partial charge is 0.214 e. The minimum atomic E-state index is -3.16. The summed E-state index contributed by atoms with van der Waals surface area (Å²) in [6.45, 7) is 8.03. The van der Waals surface area contributed by atoms with Crippen LogP contribution in [0.5, 0.6) is 0 Å². The Morgan fingerprint density at radius 3 is 2.13 bits per heavy atom. The maximum absolute atomic E-state index is 11.8. The first-order chi connectivity index (χ1) is 6.63. The Morgan fingerprint density at radius 2 is 1.80 bits per heavy atom. The predicted molar refractivity (Wildman–Crippen MR) is 65.8 cm³/mol. The van der Waals surface area contributed by atoms with Crippen molar-refractivity contribution in [3.63, 3.8) is 0 Å². The maximum Gasteiger partial charge on any atom is 0.214 e. The number of rotatable bonds is 5. The molecule has 0 saturated heterocycles. The van der Waals surface area contributed by atoms with E-state index in [2.05, 4.69) is 0 Å². The molecule has 0 fully saturated rings. The topological polar surface area (TPSA) is 37.4 Å². The Morgan fingerprint density at radius 1 is 1.33 bits per heavy atom. The summed E-state index contributed by atoms with van der Waals surface area (Å²) in [7, 11) is -1.52. The molecule has 3 nitrogen and oxygen atoms in total. The molecule has 0 aromatic rings. The third kappa shape index (κ3) is 4.70. The van der Waals surface area contributed by atoms with Crippen molar-refractivity contribution in [1.82, 2.24) is 4.31 Å². The number of nitrogens with zero attached hydrogens (tertiary/aromatic N) is 1. The second-order valence-electron chi connectivity index (χ2n) is 4.92. The lowest BCUT2D eigenvalue weighted by atomic mass is 9.88. The molecule has 0 aliphatic rings. The zero-order chi connectivity index (χ0) is 12.3. The van der Waals surface area contributed by atoms with Gasteiger partial charge in [-0.1, -0.05) is 20.8 Å². The molecule has 0 N–H and O–H groups in total. The fourth-order valence-electron chi connectivity index (χ4n) is 1.17. The highest BCUT2D eigenvalue weighted by Gasteiger charge is 2.30. The van der Waals surface area contributed by atoms with Crippen LogP contribution in [-0.2, 0) is 10.0 Å². The summed E-state index contributed by atoms with van der Waals surface area (Å²) in [5.74, 6) is 0.518. The van der Waals surface area contributed by atoms with Gasteiger partial charge in [-0.15, -0.1) is 11.6 Å². The lowest BCUT2D eigenvalue weighted by molar-refractivity contribution is 0.216. The van der Waals surface area contributed by atoms with E-state index in [9.17, 15) is 8.42 Å². The van der Waals surface area contributed by atoms with E-state index in [0.29, 0.717) is 12.3 Å². The fourth-order valence-corrected chi connectivity index (χ4v) is 3.05. The zero-order valence-electron chi connectivity index (χ0n) is 10.2. The molecule has 0 saturated carbocycles. The van der Waals surface area contributed by atoms with Crippen LogP contribution in [0.15, 0.2) is 0 Å². The second-order valence-corrected chi connectivity index (χ2v) is 7.44. The molecular formula is C10H22ClNO2S. The third-order valence-electron chi connectivity index (χ3n) is 2.77. The van der Waals surface area contributed by atoms with Crippen LogP contribution in [0.25, 0.3) is 0 Å². The van der Waals surface area contributed by atoms with Crippen LogP contribution in [0.4, 0.5) is 0 Å². The van der Waals surface area contributed by atoms with Gasteiger partial charge in [0.1, 0.15) is 0 Å². The van der Waals surface area contributed by atoms with E-state index in [0.717, 1.165) is 0 Å². The first kappa shape index (κ1) is 15.2. The summed E-state index contributed by atoms with van der Waals surface area (Å²) >= 11 is 5.50. The van der Waals surface area contributed by atoms with Crippen LogP contribution in [-0.4, -0.2) is 37.4 Å². The molecule has 92 valence electrons. The van der Waals surface area contributed by atoms with Gasteiger partial charge in [-0.05, 0) is 18.8 Å². The lowest BCUT2D eigenvalue weighted by Gasteiger charge is -2.34. The van der Waals surface area contributed by atoms with Gasteiger partial charge in [-0.25, -0.2) is 12.7 Å². The van der Waals surface area contributed by atoms with Gasteiger partial charge in [-0.2, -0.15) is 0 Å². The summed E-state index contributed by atoms with van der Waals surface area (Å²) in [5, 5.41) is 0. The van der Waals surface area contributed by atoms with Crippen molar-refractivity contribution in [1.29, 1.82) is 0 Å². The average Bonchev–Trinajstić information content (AvgIpc) is 2.10. The summed E-state index contributed by atoms with van der Waals surface area (Å²) in [5.41, 5.74) is -0.0528. The molecule has 0 heterocycles. The normalized spacial score (nSPS) is 15.7. The highest BCUT2D eigenvalue weighted by molar-refractivity contribution is 7.89. The van der Waals surface area contributed by atoms with E-state index in [1.54, 1.807) is 7.05 Å². The van der Waals surface area contributed by atoms with E-state index >= 15 is 0 Å². The minimum Gasteiger partial charge on any atom is -0.212 e. The summed E-state index contributed by atoms with van der Waals surface area (Å²) < 4.78 is 25.1. The third-order valence-corrected chi connectivity index (χ3v) is 5.04. The summed E-state index contributed by atoms with van der Waals surface area (Å²) in [6.07, 6.45) is 0.505. The van der Waals surface area contributed by atoms with Gasteiger partial charge in [0, 0.05) is 19.0 Å². The van der Waals surface area contributed by atoms with Gasteiger partial charge in [0.25, 0.3) is 0 Å². The van der Waals surface area contributed by atoms with E-state index in [1.807, 2.05) is 27.7 Å². The molecule has 0 aliphatic carbocycles. The molecule has 0 amide bonds. The standard InChI is InChI=1S/C10H22ClNO2S/c1-9(10(2,3)4)12(5)15(13,14)8-6-7-11/h9H,6-8H2,1-5H3. The van der Waals surface area contributed by atoms with Crippen LogP contribution >= 0.6 is 11.6 Å². The summed E-state index contributed by atoms with van der Waals surface area (Å²) in [4.78, 5) is 0. The summed E-state index contributed by atoms with van der Waals surface area (Å²) in [6, 6.07) is -0.0159. The SMILES string of the molecule is CC(N(C)S(=O)(=O)CCCCl)C(C)(C)C. The van der Waals surface area contributed by atoms with Crippen LogP contribution in [0.3, 0.4) is 0 Å². The van der Waals surface area contributed by atoms with E-state index in [4.69, 9.17) is 11.6 Å². The van der Waals surface area contributed by atoms with Crippen molar-refractivity contribution in [2.45, 2.75) is 40.2 Å². The first-order valence-electron chi connectivity index (χ1n) is 5.14. The molecule has 0 radical (unpaired) electrons. The molecule has 0 aliphatic heterocycles. The Balaban J connectivity index is 4.63. The van der Waals surface area contributed by atoms with E-state index in [-0.39, 0.29) is 17.2 Å². The fraction of sp³-hybridized carbons (Fsp3) is 1.00. The van der Waals surface area contributed by atoms with Gasteiger partial charge in [-0.3, -0.25) is 0 Å². The number of hydrogen-bond acceptors (Lipinski definition) is 2. The van der Waals surface area contributed by atoms with E-state index < -0.39 is 10.0 Å². The van der Waals surface area contributed by atoms with E-state index in [1.165, 1.54) is 4.31 Å². The molecule has 1 atom stereocenters. The molecule has 0 rings (SSSR count). The number of halogens is 1. The van der Waals surface area contributed by atoms with Crippen LogP contribution in [0, 0.1) is 5.41 Å². The van der Waals surface area contributed by atoms with Crippen LogP contribution < -0.4 is 0 Å². The Labute approximate surface area is 98.8 Å². The van der Waals surface area contributed by atoms with Crippen molar-refractivity contribution in [3.05, 3.63) is 0 Å². The maximum atomic E-state index is 11.8. The van der Waals surface area contributed by atoms with Crippen LogP contribution in [0.1, 0.15) is 34.1 Å². The molecule has 1 unspecified atom stereocenters. The highest BCUT2D eigenvalue weighted by atomic mass is 35.5. The number of hydrogen-bond donors (Lipinski definition) is 0. The van der Waals surface area contributed by atoms with Crippen molar-refractivity contribution >= 4 is 21.6 Å². The predicted octanol–water partition coefficient (Wildman–Crippen LogP) is 2.31. The van der Waals surface area contributed by atoms with Gasteiger partial charge < -0.3 is 0 Å². The van der Waals surface area contributed by atoms with Crippen molar-refractivity contribution in [2.24, 2.45) is 5.41 Å². The smallest absolute Gasteiger partial charge is 0.212 e. The van der Waals surface area contributed by atoms with Gasteiger partial charge >= 0.3 is 0 Å². The quantitative estimate of drug-likeness (QED) is 0.707. The first-order valence-corrected chi connectivity index (χ1v) is 7.29. The molecule has 0 bridgehead atoms. The zero-order valence-corrected chi connectivity index (χ0v) is 11.8. The molecular weight excluding hydrogens is 234 g/mol. The highest BCUT2D eigenvalue weighted by Crippen LogP contribution is 2.25. The molecule has 0 aromatic carbocycles. The van der Waals surface area contributed by atoms with Gasteiger partial charge in [0.05, 0.1) is 5.75 Å². The number of sulfonamides is 1. The monoisotopic (exact) mass is 255 g/mol. The molecule has 0 spiro atoms. The van der Waals surface area contributed by atoms with Crippen molar-refractivity contribution in [2.75, 3.05) is 18.7 Å². The van der Waals surface area contributed by atoms with Gasteiger partial charge in [0.15, 0.2) is 0 Å². The van der Waals surface area contributed by atoms with Gasteiger partial charge in [0.2, 0.25) is 10.0 Å². The molecule has 0 aromatic heterocycles. The Bertz CT molecular complexity index is 282. The Kier molecular flexibility index (Phi) is 5.58. The average molecular weight is 256 g/mol. The molecule has 15 heavy (non-hydrogen) atoms. The second kappa shape index (κ2) is 5.51. The Hall–Kier alpha value is 0.200.